The molecule has 25 heavy (non-hydrogen) atoms. The smallest absolute Gasteiger partial charge is 0.331 e. The lowest BCUT2D eigenvalue weighted by Crippen LogP contribution is -2.10. The molecule has 2 aromatic rings. The third-order valence-electron chi connectivity index (χ3n) is 3.50. The number of carboxylic acid groups (broad SMARTS) is 1. The van der Waals surface area contributed by atoms with Crippen molar-refractivity contribution >= 4 is 28.2 Å². The van der Waals surface area contributed by atoms with E-state index >= 15 is 0 Å². The highest BCUT2D eigenvalue weighted by molar-refractivity contribution is 7.17. The number of anilines is 1. The summed E-state index contributed by atoms with van der Waals surface area (Å²) in [5.74, 6) is -1.05. The molecule has 2 rings (SSSR count). The molecule has 0 radical (unpaired) electrons. The molecule has 1 heterocycles. The fourth-order valence-electron chi connectivity index (χ4n) is 2.25. The van der Waals surface area contributed by atoms with Gasteiger partial charge in [0, 0.05) is 22.1 Å². The second-order valence-electron chi connectivity index (χ2n) is 5.20. The maximum Gasteiger partial charge on any atom is 0.331 e. The summed E-state index contributed by atoms with van der Waals surface area (Å²) in [7, 11) is 1.58. The summed E-state index contributed by atoms with van der Waals surface area (Å²) in [4.78, 5) is 23.6. The fourth-order valence-corrected chi connectivity index (χ4v) is 3.28. The van der Waals surface area contributed by atoms with Crippen molar-refractivity contribution in [2.75, 3.05) is 12.4 Å². The van der Waals surface area contributed by atoms with Gasteiger partial charge in [0.15, 0.2) is 0 Å². The zero-order chi connectivity index (χ0) is 18.6. The number of thiophene rings is 1. The molecule has 128 valence electrons. The van der Waals surface area contributed by atoms with Gasteiger partial charge in [-0.2, -0.15) is 5.26 Å². The number of amides is 1. The number of aliphatic carboxylic acids is 1. The molecule has 0 fully saturated rings. The lowest BCUT2D eigenvalue weighted by atomic mass is 10.0. The van der Waals surface area contributed by atoms with E-state index in [1.165, 1.54) is 18.3 Å². The first-order valence-electron chi connectivity index (χ1n) is 7.27. The van der Waals surface area contributed by atoms with Crippen LogP contribution in [-0.4, -0.2) is 24.1 Å². The Morgan fingerprint density at radius 2 is 1.96 bits per heavy atom. The van der Waals surface area contributed by atoms with Crippen LogP contribution in [0.3, 0.4) is 0 Å². The third-order valence-corrected chi connectivity index (χ3v) is 4.52. The summed E-state index contributed by atoms with van der Waals surface area (Å²) in [6, 6.07) is 9.40. The maximum atomic E-state index is 12.0. The Labute approximate surface area is 149 Å². The number of nitrogens with one attached hydrogen (secondary N) is 1. The minimum absolute atomic E-state index is 0.0836. The van der Waals surface area contributed by atoms with Crippen molar-refractivity contribution in [1.29, 1.82) is 5.26 Å². The molecule has 0 aliphatic rings. The number of hydrogen-bond donors (Lipinski definition) is 2. The second-order valence-corrected chi connectivity index (χ2v) is 6.42. The number of methoxy groups -OCH3 is 1. The Balaban J connectivity index is 2.39. The predicted molar refractivity (Wildman–Crippen MR) is 95.8 cm³/mol. The van der Waals surface area contributed by atoms with Crippen LogP contribution in [0, 0.1) is 18.3 Å². The number of carbonyl (C=O) groups is 2. The number of carbonyl (C=O) groups excluding carboxylic acids is 1. The Kier molecular flexibility index (Phi) is 5.57. The topological polar surface area (TPSA) is 99.4 Å². The molecule has 1 aromatic heterocycles. The number of rotatable bonds is 5. The SMILES string of the molecule is COc1ccc(-c2c(C)sc(NC(=O)/C=C(\C)C(=O)O)c2C#N)cc1. The largest absolute Gasteiger partial charge is 0.497 e. The van der Waals surface area contributed by atoms with Gasteiger partial charge in [-0.25, -0.2) is 4.79 Å². The molecule has 0 aliphatic heterocycles. The van der Waals surface area contributed by atoms with Crippen LogP contribution in [0.25, 0.3) is 11.1 Å². The first-order chi connectivity index (χ1) is 11.9. The van der Waals surface area contributed by atoms with Crippen molar-refractivity contribution in [3.8, 4) is 22.9 Å². The minimum atomic E-state index is -1.17. The summed E-state index contributed by atoms with van der Waals surface area (Å²) >= 11 is 1.27. The molecule has 7 heteroatoms. The van der Waals surface area contributed by atoms with E-state index in [-0.39, 0.29) is 5.57 Å². The molecular formula is C18H16N2O4S. The highest BCUT2D eigenvalue weighted by Gasteiger charge is 2.18. The van der Waals surface area contributed by atoms with E-state index in [4.69, 9.17) is 9.84 Å². The van der Waals surface area contributed by atoms with Gasteiger partial charge >= 0.3 is 5.97 Å². The standard InChI is InChI=1S/C18H16N2O4S/c1-10(18(22)23)8-15(21)20-17-14(9-19)16(11(2)25-17)12-4-6-13(24-3)7-5-12/h4-8H,1-3H3,(H,20,21)(H,22,23)/b10-8+. The summed E-state index contributed by atoms with van der Waals surface area (Å²) in [5, 5.41) is 21.3. The number of aryl methyl sites for hydroxylation is 1. The summed E-state index contributed by atoms with van der Waals surface area (Å²) < 4.78 is 5.13. The van der Waals surface area contributed by atoms with Crippen molar-refractivity contribution in [3.05, 3.63) is 46.4 Å². The minimum Gasteiger partial charge on any atom is -0.497 e. The predicted octanol–water partition coefficient (Wildman–Crippen LogP) is 3.57. The van der Waals surface area contributed by atoms with Gasteiger partial charge in [0.1, 0.15) is 16.8 Å². The number of hydrogen-bond acceptors (Lipinski definition) is 5. The molecule has 1 aromatic carbocycles. The molecule has 0 saturated carbocycles. The van der Waals surface area contributed by atoms with Crippen LogP contribution in [0.1, 0.15) is 17.4 Å². The van der Waals surface area contributed by atoms with Crippen LogP contribution in [0.4, 0.5) is 5.00 Å². The van der Waals surface area contributed by atoms with E-state index in [1.807, 2.05) is 19.1 Å². The molecule has 0 saturated heterocycles. The quantitative estimate of drug-likeness (QED) is 0.798. The van der Waals surface area contributed by atoms with Gasteiger partial charge in [-0.15, -0.1) is 11.3 Å². The van der Waals surface area contributed by atoms with Crippen molar-refractivity contribution in [1.82, 2.24) is 0 Å². The monoisotopic (exact) mass is 356 g/mol. The average Bonchev–Trinajstić information content (AvgIpc) is 2.89. The zero-order valence-corrected chi connectivity index (χ0v) is 14.7. The second kappa shape index (κ2) is 7.64. The van der Waals surface area contributed by atoms with E-state index < -0.39 is 11.9 Å². The fraction of sp³-hybridized carbons (Fsp3) is 0.167. The number of benzene rings is 1. The third kappa shape index (κ3) is 4.05. The Morgan fingerprint density at radius 3 is 2.48 bits per heavy atom. The molecule has 0 atom stereocenters. The van der Waals surface area contributed by atoms with Crippen LogP contribution < -0.4 is 10.1 Å². The average molecular weight is 356 g/mol. The van der Waals surface area contributed by atoms with Gasteiger partial charge in [-0.1, -0.05) is 12.1 Å². The number of carboxylic acids is 1. The first kappa shape index (κ1) is 18.2. The number of ether oxygens (including phenoxy) is 1. The van der Waals surface area contributed by atoms with Gasteiger partial charge in [0.2, 0.25) is 5.91 Å². The van der Waals surface area contributed by atoms with E-state index in [0.29, 0.717) is 16.3 Å². The van der Waals surface area contributed by atoms with Crippen LogP contribution in [0.5, 0.6) is 5.75 Å². The van der Waals surface area contributed by atoms with Gasteiger partial charge in [-0.05, 0) is 31.5 Å². The van der Waals surface area contributed by atoms with Crippen LogP contribution in [0.15, 0.2) is 35.9 Å². The molecular weight excluding hydrogens is 340 g/mol. The van der Waals surface area contributed by atoms with Crippen LogP contribution in [0.2, 0.25) is 0 Å². The van der Waals surface area contributed by atoms with E-state index in [1.54, 1.807) is 19.2 Å². The molecule has 0 bridgehead atoms. The Hall–Kier alpha value is -3.11. The van der Waals surface area contributed by atoms with Gasteiger partial charge in [0.25, 0.3) is 0 Å². The molecule has 2 N–H and O–H groups in total. The van der Waals surface area contributed by atoms with Crippen molar-refractivity contribution in [2.45, 2.75) is 13.8 Å². The molecule has 1 amide bonds. The first-order valence-corrected chi connectivity index (χ1v) is 8.09. The lowest BCUT2D eigenvalue weighted by Gasteiger charge is -2.04. The van der Waals surface area contributed by atoms with Gasteiger partial charge in [0.05, 0.1) is 12.7 Å². The molecule has 0 aliphatic carbocycles. The molecule has 6 nitrogen and oxygen atoms in total. The molecule has 0 unspecified atom stereocenters. The van der Waals surface area contributed by atoms with E-state index in [9.17, 15) is 14.9 Å². The van der Waals surface area contributed by atoms with Crippen molar-refractivity contribution < 1.29 is 19.4 Å². The van der Waals surface area contributed by atoms with E-state index in [0.717, 1.165) is 22.1 Å². The van der Waals surface area contributed by atoms with Crippen molar-refractivity contribution in [2.24, 2.45) is 0 Å². The number of nitrogens with zero attached hydrogens (tertiary/aromatic N) is 1. The van der Waals surface area contributed by atoms with Gasteiger partial charge in [-0.3, -0.25) is 4.79 Å². The van der Waals surface area contributed by atoms with E-state index in [2.05, 4.69) is 11.4 Å². The van der Waals surface area contributed by atoms with Gasteiger partial charge < -0.3 is 15.2 Å². The lowest BCUT2D eigenvalue weighted by molar-refractivity contribution is -0.132. The Bertz CT molecular complexity index is 889. The highest BCUT2D eigenvalue weighted by Crippen LogP contribution is 2.39. The van der Waals surface area contributed by atoms with Crippen LogP contribution >= 0.6 is 11.3 Å². The summed E-state index contributed by atoms with van der Waals surface area (Å²) in [6.07, 6.45) is 0.992. The summed E-state index contributed by atoms with van der Waals surface area (Å²) in [6.45, 7) is 3.19. The highest BCUT2D eigenvalue weighted by atomic mass is 32.1. The normalized spacial score (nSPS) is 10.9. The van der Waals surface area contributed by atoms with Crippen LogP contribution in [-0.2, 0) is 9.59 Å². The maximum absolute atomic E-state index is 12.0. The Morgan fingerprint density at radius 1 is 1.32 bits per heavy atom. The van der Waals surface area contributed by atoms with Crippen molar-refractivity contribution in [3.63, 3.8) is 0 Å². The zero-order valence-electron chi connectivity index (χ0n) is 13.9. The number of nitriles is 1. The molecule has 0 spiro atoms. The summed E-state index contributed by atoms with van der Waals surface area (Å²) in [5.41, 5.74) is 1.84.